The van der Waals surface area contributed by atoms with E-state index in [2.05, 4.69) is 30.5 Å². The lowest BCUT2D eigenvalue weighted by atomic mass is 10.1. The van der Waals surface area contributed by atoms with Gasteiger partial charge in [0.2, 0.25) is 11.9 Å². The molecule has 1 fully saturated rings. The number of thiazole rings is 1. The number of carbonyl (C=O) groups excluding carboxylic acids is 1. The average Bonchev–Trinajstić information content (AvgIpc) is 3.07. The summed E-state index contributed by atoms with van der Waals surface area (Å²) in [7, 11) is 0. The molecule has 136 valence electrons. The third kappa shape index (κ3) is 2.78. The normalized spacial score (nSPS) is 14.0. The Morgan fingerprint density at radius 1 is 1.37 bits per heavy atom. The number of rotatable bonds is 4. The van der Waals surface area contributed by atoms with Crippen molar-refractivity contribution in [1.82, 2.24) is 29.7 Å². The second-order valence-corrected chi connectivity index (χ2v) is 7.42. The van der Waals surface area contributed by atoms with Crippen molar-refractivity contribution >= 4 is 32.7 Å². The van der Waals surface area contributed by atoms with Crippen LogP contribution in [0.5, 0.6) is 0 Å². The maximum atomic E-state index is 13.3. The molecule has 0 saturated heterocycles. The maximum Gasteiger partial charge on any atom is 0.229 e. The molecule has 1 saturated carbocycles. The van der Waals surface area contributed by atoms with Crippen LogP contribution in [0.1, 0.15) is 18.5 Å². The van der Waals surface area contributed by atoms with Crippen LogP contribution in [0.25, 0.3) is 27.4 Å². The summed E-state index contributed by atoms with van der Waals surface area (Å²) in [5.41, 5.74) is 2.65. The smallest absolute Gasteiger partial charge is 0.229 e. The molecule has 4 aromatic rings. The monoisotopic (exact) mass is 383 g/mol. The summed E-state index contributed by atoms with van der Waals surface area (Å²) in [5.74, 6) is 0.213. The molecule has 0 unspecified atom stereocenters. The third-order valence-corrected chi connectivity index (χ3v) is 5.44. The van der Waals surface area contributed by atoms with E-state index in [4.69, 9.17) is 0 Å². The van der Waals surface area contributed by atoms with Crippen molar-refractivity contribution in [1.29, 1.82) is 0 Å². The molecule has 1 amide bonds. The van der Waals surface area contributed by atoms with E-state index < -0.39 is 5.95 Å². The molecule has 0 aliphatic heterocycles. The SMILES string of the molecule is Cc1nc(F)ccc1-c1cncn1-c1n[nH]c2nc(NC(=O)C3CC3)sc12. The van der Waals surface area contributed by atoms with Gasteiger partial charge in [-0.2, -0.15) is 9.49 Å². The van der Waals surface area contributed by atoms with Gasteiger partial charge in [-0.3, -0.25) is 14.5 Å². The number of hydrogen-bond acceptors (Lipinski definition) is 6. The summed E-state index contributed by atoms with van der Waals surface area (Å²) in [6.07, 6.45) is 5.19. The lowest BCUT2D eigenvalue weighted by Gasteiger charge is -2.07. The van der Waals surface area contributed by atoms with Crippen molar-refractivity contribution in [2.75, 3.05) is 5.32 Å². The van der Waals surface area contributed by atoms with E-state index in [1.807, 2.05) is 0 Å². The van der Waals surface area contributed by atoms with Crippen LogP contribution in [0.4, 0.5) is 9.52 Å². The van der Waals surface area contributed by atoms with Crippen molar-refractivity contribution < 1.29 is 9.18 Å². The molecular formula is C17H14FN7OS. The number of imidazole rings is 1. The Morgan fingerprint density at radius 3 is 3.00 bits per heavy atom. The zero-order valence-electron chi connectivity index (χ0n) is 14.2. The fourth-order valence-electron chi connectivity index (χ4n) is 2.94. The van der Waals surface area contributed by atoms with Crippen molar-refractivity contribution in [3.05, 3.63) is 36.3 Å². The van der Waals surface area contributed by atoms with Gasteiger partial charge in [0.15, 0.2) is 16.6 Å². The number of amides is 1. The number of hydrogen-bond donors (Lipinski definition) is 2. The zero-order valence-corrected chi connectivity index (χ0v) is 15.0. The standard InChI is InChI=1S/C17H14FN7OS/c1-8-10(4-5-12(18)20-8)11-6-19-7-25(11)15-13-14(23-24-15)21-17(27-13)22-16(26)9-2-3-9/h4-7,9H,2-3H2,1H3,(H2,21,22,23,24,26). The number of halogens is 1. The Labute approximate surface area is 156 Å². The third-order valence-electron chi connectivity index (χ3n) is 4.47. The molecular weight excluding hydrogens is 369 g/mol. The summed E-state index contributed by atoms with van der Waals surface area (Å²) in [5, 5.41) is 10.6. The Balaban J connectivity index is 1.55. The maximum absolute atomic E-state index is 13.3. The van der Waals surface area contributed by atoms with Crippen LogP contribution in [-0.2, 0) is 4.79 Å². The highest BCUT2D eigenvalue weighted by Gasteiger charge is 2.30. The van der Waals surface area contributed by atoms with Gasteiger partial charge in [-0.25, -0.2) is 15.0 Å². The molecule has 8 nitrogen and oxygen atoms in total. The van der Waals surface area contributed by atoms with Crippen LogP contribution in [0, 0.1) is 18.8 Å². The molecule has 0 spiro atoms. The Bertz CT molecular complexity index is 1170. The predicted octanol–water partition coefficient (Wildman–Crippen LogP) is 3.06. The number of carbonyl (C=O) groups is 1. The number of pyridine rings is 1. The van der Waals surface area contributed by atoms with Crippen LogP contribution in [0.2, 0.25) is 0 Å². The van der Waals surface area contributed by atoms with Crippen molar-refractivity contribution in [2.24, 2.45) is 5.92 Å². The fraction of sp³-hybridized carbons (Fsp3) is 0.235. The molecule has 0 bridgehead atoms. The summed E-state index contributed by atoms with van der Waals surface area (Å²) >= 11 is 1.35. The van der Waals surface area contributed by atoms with Gasteiger partial charge in [0.1, 0.15) is 11.0 Å². The number of nitrogens with zero attached hydrogens (tertiary/aromatic N) is 5. The van der Waals surface area contributed by atoms with Crippen LogP contribution in [0.3, 0.4) is 0 Å². The summed E-state index contributed by atoms with van der Waals surface area (Å²) in [6, 6.07) is 2.99. The van der Waals surface area contributed by atoms with Gasteiger partial charge in [-0.1, -0.05) is 11.3 Å². The highest BCUT2D eigenvalue weighted by atomic mass is 32.1. The highest BCUT2D eigenvalue weighted by molar-refractivity contribution is 7.22. The number of aromatic amines is 1. The molecule has 4 heterocycles. The quantitative estimate of drug-likeness (QED) is 0.528. The molecule has 27 heavy (non-hydrogen) atoms. The Kier molecular flexibility index (Phi) is 3.54. The molecule has 4 aromatic heterocycles. The van der Waals surface area contributed by atoms with Gasteiger partial charge >= 0.3 is 0 Å². The van der Waals surface area contributed by atoms with Crippen LogP contribution < -0.4 is 5.32 Å². The summed E-state index contributed by atoms with van der Waals surface area (Å²) < 4.78 is 15.9. The number of nitrogens with one attached hydrogen (secondary N) is 2. The second kappa shape index (κ2) is 5.95. The Morgan fingerprint density at radius 2 is 2.22 bits per heavy atom. The zero-order chi connectivity index (χ0) is 18.5. The van der Waals surface area contributed by atoms with E-state index in [1.54, 1.807) is 30.1 Å². The Hall–Kier alpha value is -3.14. The number of aryl methyl sites for hydroxylation is 1. The molecule has 1 aliphatic carbocycles. The molecule has 0 radical (unpaired) electrons. The minimum absolute atomic E-state index is 0.0113. The van der Waals surface area contributed by atoms with E-state index in [9.17, 15) is 9.18 Å². The molecule has 10 heteroatoms. The van der Waals surface area contributed by atoms with Gasteiger partial charge in [0.05, 0.1) is 11.9 Å². The molecule has 1 aliphatic rings. The molecule has 2 N–H and O–H groups in total. The minimum Gasteiger partial charge on any atom is -0.302 e. The van der Waals surface area contributed by atoms with Crippen LogP contribution in [-0.4, -0.2) is 35.6 Å². The first kappa shape index (κ1) is 16.1. The minimum atomic E-state index is -0.525. The van der Waals surface area contributed by atoms with Gasteiger partial charge in [0, 0.05) is 17.2 Å². The fourth-order valence-corrected chi connectivity index (χ4v) is 3.84. The number of anilines is 1. The van der Waals surface area contributed by atoms with Crippen LogP contribution >= 0.6 is 11.3 Å². The van der Waals surface area contributed by atoms with Gasteiger partial charge in [-0.05, 0) is 31.9 Å². The van der Waals surface area contributed by atoms with Crippen molar-refractivity contribution in [3.8, 4) is 17.1 Å². The second-order valence-electron chi connectivity index (χ2n) is 6.42. The predicted molar refractivity (Wildman–Crippen MR) is 98.2 cm³/mol. The van der Waals surface area contributed by atoms with Gasteiger partial charge in [-0.15, -0.1) is 0 Å². The first-order chi connectivity index (χ1) is 13.1. The van der Waals surface area contributed by atoms with E-state index in [-0.39, 0.29) is 11.8 Å². The lowest BCUT2D eigenvalue weighted by Crippen LogP contribution is -2.12. The number of aromatic nitrogens is 6. The topological polar surface area (TPSA) is 101 Å². The van der Waals surface area contributed by atoms with E-state index >= 15 is 0 Å². The summed E-state index contributed by atoms with van der Waals surface area (Å²) in [6.45, 7) is 1.74. The first-order valence-corrected chi connectivity index (χ1v) is 9.24. The first-order valence-electron chi connectivity index (χ1n) is 8.42. The average molecular weight is 383 g/mol. The van der Waals surface area contributed by atoms with E-state index in [1.165, 1.54) is 17.4 Å². The van der Waals surface area contributed by atoms with Gasteiger partial charge < -0.3 is 5.32 Å². The largest absolute Gasteiger partial charge is 0.302 e. The molecule has 5 rings (SSSR count). The van der Waals surface area contributed by atoms with Crippen molar-refractivity contribution in [2.45, 2.75) is 19.8 Å². The van der Waals surface area contributed by atoms with E-state index in [0.29, 0.717) is 22.3 Å². The molecule has 0 aromatic carbocycles. The van der Waals surface area contributed by atoms with Gasteiger partial charge in [0.25, 0.3) is 0 Å². The highest BCUT2D eigenvalue weighted by Crippen LogP contribution is 2.34. The number of fused-ring (bicyclic) bond motifs is 1. The lowest BCUT2D eigenvalue weighted by molar-refractivity contribution is -0.117. The van der Waals surface area contributed by atoms with Crippen LogP contribution in [0.15, 0.2) is 24.7 Å². The number of H-pyrrole nitrogens is 1. The molecule has 0 atom stereocenters. The summed E-state index contributed by atoms with van der Waals surface area (Å²) in [4.78, 5) is 24.5. The van der Waals surface area contributed by atoms with Crippen molar-refractivity contribution in [3.63, 3.8) is 0 Å². The van der Waals surface area contributed by atoms with E-state index in [0.717, 1.165) is 28.8 Å².